The first-order chi connectivity index (χ1) is 3.41. The van der Waals surface area contributed by atoms with Crippen LogP contribution in [-0.2, 0) is 0 Å². The highest BCUT2D eigenvalue weighted by atomic mass is 127. The van der Waals surface area contributed by atoms with Crippen LogP contribution < -0.4 is 0 Å². The molecule has 0 aliphatic rings. The lowest BCUT2D eigenvalue weighted by Gasteiger charge is -1.72. The predicted molar refractivity (Wildman–Crippen MR) is 41.6 cm³/mol. The SMILES string of the molecule is CCC#CCCI. The van der Waals surface area contributed by atoms with Crippen molar-refractivity contribution in [2.45, 2.75) is 19.8 Å². The summed E-state index contributed by atoms with van der Waals surface area (Å²) in [6, 6.07) is 0. The van der Waals surface area contributed by atoms with Gasteiger partial charge in [0.1, 0.15) is 0 Å². The molecule has 0 aliphatic carbocycles. The summed E-state index contributed by atoms with van der Waals surface area (Å²) in [5.74, 6) is 6.02. The molecule has 1 heteroatoms. The normalized spacial score (nSPS) is 7.14. The highest BCUT2D eigenvalue weighted by Crippen LogP contribution is 1.84. The maximum Gasteiger partial charge on any atom is 0.0178 e. The van der Waals surface area contributed by atoms with Gasteiger partial charge in [-0.25, -0.2) is 0 Å². The second-order valence-electron chi connectivity index (χ2n) is 1.15. The van der Waals surface area contributed by atoms with Crippen molar-refractivity contribution < 1.29 is 0 Å². The lowest BCUT2D eigenvalue weighted by molar-refractivity contribution is 1.25. The van der Waals surface area contributed by atoms with Crippen LogP contribution in [0.4, 0.5) is 0 Å². The number of halogens is 1. The minimum atomic E-state index is 0.997. The van der Waals surface area contributed by atoms with Gasteiger partial charge in [0.25, 0.3) is 0 Å². The molecule has 0 bridgehead atoms. The lowest BCUT2D eigenvalue weighted by Crippen LogP contribution is -1.63. The molecule has 0 saturated carbocycles. The van der Waals surface area contributed by atoms with Crippen molar-refractivity contribution in [3.63, 3.8) is 0 Å². The molecule has 0 aliphatic heterocycles. The number of hydrogen-bond donors (Lipinski definition) is 0. The van der Waals surface area contributed by atoms with Crippen LogP contribution in [0.3, 0.4) is 0 Å². The van der Waals surface area contributed by atoms with Gasteiger partial charge in [-0.2, -0.15) is 0 Å². The van der Waals surface area contributed by atoms with Crippen molar-refractivity contribution in [1.82, 2.24) is 0 Å². The minimum absolute atomic E-state index is 0.997. The molecule has 0 unspecified atom stereocenters. The molecule has 0 N–H and O–H groups in total. The summed E-state index contributed by atoms with van der Waals surface area (Å²) in [5.41, 5.74) is 0. The Morgan fingerprint density at radius 3 is 2.57 bits per heavy atom. The molecule has 7 heavy (non-hydrogen) atoms. The van der Waals surface area contributed by atoms with E-state index in [0.717, 1.165) is 17.3 Å². The Morgan fingerprint density at radius 2 is 2.14 bits per heavy atom. The summed E-state index contributed by atoms with van der Waals surface area (Å²) in [5, 5.41) is 0. The molecule has 0 rings (SSSR count). The molecule has 0 heterocycles. The van der Waals surface area contributed by atoms with Crippen LogP contribution >= 0.6 is 22.6 Å². The Bertz CT molecular complexity index is 75.9. The van der Waals surface area contributed by atoms with Gasteiger partial charge in [0.05, 0.1) is 0 Å². The summed E-state index contributed by atoms with van der Waals surface area (Å²) in [6.07, 6.45) is 2.05. The fourth-order valence-electron chi connectivity index (χ4n) is 0.261. The van der Waals surface area contributed by atoms with Crippen molar-refractivity contribution in [3.8, 4) is 11.8 Å². The molecule has 0 atom stereocenters. The first kappa shape index (κ1) is 7.29. The van der Waals surface area contributed by atoms with Gasteiger partial charge in [-0.05, 0) is 0 Å². The number of alkyl halides is 1. The molecular formula is C6H9I. The van der Waals surface area contributed by atoms with Crippen LogP contribution in [0.5, 0.6) is 0 Å². The topological polar surface area (TPSA) is 0 Å². The third-order valence-electron chi connectivity index (χ3n) is 0.521. The van der Waals surface area contributed by atoms with E-state index in [0.29, 0.717) is 0 Å². The van der Waals surface area contributed by atoms with E-state index in [2.05, 4.69) is 41.4 Å². The quantitative estimate of drug-likeness (QED) is 0.352. The van der Waals surface area contributed by atoms with Crippen LogP contribution in [0.1, 0.15) is 19.8 Å². The van der Waals surface area contributed by atoms with E-state index < -0.39 is 0 Å². The molecule has 0 aromatic rings. The van der Waals surface area contributed by atoms with Gasteiger partial charge >= 0.3 is 0 Å². The molecule has 0 amide bonds. The third kappa shape index (κ3) is 6.29. The Labute approximate surface area is 58.8 Å². The first-order valence-corrected chi connectivity index (χ1v) is 3.96. The molecule has 0 spiro atoms. The molecule has 0 nitrogen and oxygen atoms in total. The van der Waals surface area contributed by atoms with E-state index in [1.54, 1.807) is 0 Å². The van der Waals surface area contributed by atoms with Crippen LogP contribution in [0.2, 0.25) is 0 Å². The Morgan fingerprint density at radius 1 is 1.43 bits per heavy atom. The van der Waals surface area contributed by atoms with E-state index >= 15 is 0 Å². The average molecular weight is 208 g/mol. The van der Waals surface area contributed by atoms with Crippen molar-refractivity contribution >= 4 is 22.6 Å². The van der Waals surface area contributed by atoms with E-state index in [9.17, 15) is 0 Å². The molecule has 40 valence electrons. The zero-order chi connectivity index (χ0) is 5.54. The number of rotatable bonds is 1. The van der Waals surface area contributed by atoms with Gasteiger partial charge in [0.2, 0.25) is 0 Å². The summed E-state index contributed by atoms with van der Waals surface area (Å²) in [6.45, 7) is 2.07. The second-order valence-corrected chi connectivity index (χ2v) is 2.22. The fourth-order valence-corrected chi connectivity index (χ4v) is 0.530. The highest BCUT2D eigenvalue weighted by Gasteiger charge is 1.67. The van der Waals surface area contributed by atoms with E-state index in [-0.39, 0.29) is 0 Å². The molecule has 0 aromatic heterocycles. The van der Waals surface area contributed by atoms with Crippen LogP contribution in [0.15, 0.2) is 0 Å². The Hall–Kier alpha value is 0.290. The predicted octanol–water partition coefficient (Wildman–Crippen LogP) is 2.22. The summed E-state index contributed by atoms with van der Waals surface area (Å²) < 4.78 is 1.16. The Balaban J connectivity index is 2.91. The van der Waals surface area contributed by atoms with E-state index in [1.165, 1.54) is 0 Å². The standard InChI is InChI=1S/C6H9I/c1-2-3-4-5-6-7/h2,5-6H2,1H3. The second kappa shape index (κ2) is 6.29. The first-order valence-electron chi connectivity index (χ1n) is 2.43. The van der Waals surface area contributed by atoms with E-state index in [4.69, 9.17) is 0 Å². The molecule has 0 aromatic carbocycles. The monoisotopic (exact) mass is 208 g/mol. The smallest absolute Gasteiger partial charge is 0.0178 e. The van der Waals surface area contributed by atoms with Crippen molar-refractivity contribution in [3.05, 3.63) is 0 Å². The van der Waals surface area contributed by atoms with Crippen molar-refractivity contribution in [1.29, 1.82) is 0 Å². The van der Waals surface area contributed by atoms with Gasteiger partial charge in [-0.3, -0.25) is 0 Å². The fraction of sp³-hybridized carbons (Fsp3) is 0.667. The molecule has 0 radical (unpaired) electrons. The van der Waals surface area contributed by atoms with Crippen LogP contribution in [0.25, 0.3) is 0 Å². The molecule has 0 fully saturated rings. The van der Waals surface area contributed by atoms with E-state index in [1.807, 2.05) is 0 Å². The minimum Gasteiger partial charge on any atom is -0.104 e. The maximum absolute atomic E-state index is 3.03. The summed E-state index contributed by atoms with van der Waals surface area (Å²) in [7, 11) is 0. The largest absolute Gasteiger partial charge is 0.104 e. The lowest BCUT2D eigenvalue weighted by atomic mass is 10.4. The van der Waals surface area contributed by atoms with Crippen LogP contribution in [-0.4, -0.2) is 4.43 Å². The average Bonchev–Trinajstić information content (AvgIpc) is 1.69. The Kier molecular flexibility index (Phi) is 6.55. The summed E-state index contributed by atoms with van der Waals surface area (Å²) >= 11 is 2.32. The van der Waals surface area contributed by atoms with Gasteiger partial charge < -0.3 is 0 Å². The van der Waals surface area contributed by atoms with Gasteiger partial charge in [-0.1, -0.05) is 29.5 Å². The van der Waals surface area contributed by atoms with Gasteiger partial charge in [-0.15, -0.1) is 11.8 Å². The molecule has 0 saturated heterocycles. The molecular weight excluding hydrogens is 199 g/mol. The summed E-state index contributed by atoms with van der Waals surface area (Å²) in [4.78, 5) is 0. The zero-order valence-electron chi connectivity index (χ0n) is 4.50. The highest BCUT2D eigenvalue weighted by molar-refractivity contribution is 14.1. The van der Waals surface area contributed by atoms with Gasteiger partial charge in [0.15, 0.2) is 0 Å². The third-order valence-corrected chi connectivity index (χ3v) is 1.06. The van der Waals surface area contributed by atoms with Gasteiger partial charge in [0, 0.05) is 17.3 Å². The van der Waals surface area contributed by atoms with Crippen molar-refractivity contribution in [2.75, 3.05) is 4.43 Å². The zero-order valence-corrected chi connectivity index (χ0v) is 6.66. The maximum atomic E-state index is 3.03. The number of hydrogen-bond acceptors (Lipinski definition) is 0. The van der Waals surface area contributed by atoms with Crippen LogP contribution in [0, 0.1) is 11.8 Å². The van der Waals surface area contributed by atoms with Crippen molar-refractivity contribution in [2.24, 2.45) is 0 Å².